The lowest BCUT2D eigenvalue weighted by atomic mass is 9.80. The Morgan fingerprint density at radius 1 is 0.933 bits per heavy atom. The molecule has 0 amide bonds. The molecule has 0 saturated heterocycles. The maximum atomic E-state index is 16.4. The van der Waals surface area contributed by atoms with Crippen LogP contribution >= 0.6 is 11.3 Å². The summed E-state index contributed by atoms with van der Waals surface area (Å²) in [6.07, 6.45) is -1.40. The van der Waals surface area contributed by atoms with Crippen molar-refractivity contribution in [2.75, 3.05) is 0 Å². The van der Waals surface area contributed by atoms with Gasteiger partial charge in [0.05, 0.1) is 11.4 Å². The lowest BCUT2D eigenvalue weighted by Crippen LogP contribution is -2.48. The third-order valence-electron chi connectivity index (χ3n) is 6.99. The van der Waals surface area contributed by atoms with Gasteiger partial charge in [-0.3, -0.25) is 0 Å². The van der Waals surface area contributed by atoms with Crippen molar-refractivity contribution in [1.29, 1.82) is 0 Å². The number of thiophene rings is 1. The molecule has 3 aromatic carbocycles. The van der Waals surface area contributed by atoms with Crippen molar-refractivity contribution in [1.82, 2.24) is 20.2 Å². The number of aliphatic hydroxyl groups is 1. The van der Waals surface area contributed by atoms with Crippen LogP contribution in [-0.4, -0.2) is 25.3 Å². The van der Waals surface area contributed by atoms with E-state index in [1.807, 2.05) is 0 Å². The number of benzene rings is 3. The molecule has 0 spiro atoms. The molecule has 1 N–H and O–H groups in total. The van der Waals surface area contributed by atoms with Crippen LogP contribution in [0.4, 0.5) is 26.3 Å². The second kappa shape index (κ2) is 13.1. The van der Waals surface area contributed by atoms with Crippen molar-refractivity contribution in [3.05, 3.63) is 128 Å². The third-order valence-corrected chi connectivity index (χ3v) is 8.05. The molecule has 0 bridgehead atoms. The minimum atomic E-state index is -4.09. The average molecular weight is 643 g/mol. The minimum absolute atomic E-state index is 0.0241. The topological polar surface area (TPSA) is 73.1 Å². The average Bonchev–Trinajstić information content (AvgIpc) is 3.72. The number of tetrazole rings is 1. The standard InChI is InChI=1S/C32H24F6N4O2S/c1-2-22-15-21(4-3-20-5-9-24(10-6-20)44-17-25-11-14-29(45-25)30(35)36)7-12-26(22)32(37,38)31(43,18-42-19-39-40-41-42)27-13-8-23(33)16-28(27)34/h5-16,19,30,43H,2,17-18H2,1H3. The van der Waals surface area contributed by atoms with Gasteiger partial charge in [-0.25, -0.2) is 22.2 Å². The van der Waals surface area contributed by atoms with Crippen LogP contribution < -0.4 is 4.74 Å². The van der Waals surface area contributed by atoms with E-state index in [2.05, 4.69) is 27.4 Å². The summed E-state index contributed by atoms with van der Waals surface area (Å²) in [6.45, 7) is 0.857. The fourth-order valence-electron chi connectivity index (χ4n) is 4.68. The SMILES string of the molecule is CCc1cc(C#Cc2ccc(OCc3ccc(C(F)F)s3)cc2)ccc1C(F)(F)C(O)(Cn1cnnn1)c1ccc(F)cc1F. The van der Waals surface area contributed by atoms with Gasteiger partial charge in [-0.15, -0.1) is 16.4 Å². The predicted molar refractivity (Wildman–Crippen MR) is 154 cm³/mol. The van der Waals surface area contributed by atoms with E-state index in [4.69, 9.17) is 4.74 Å². The summed E-state index contributed by atoms with van der Waals surface area (Å²) in [7, 11) is 0. The van der Waals surface area contributed by atoms with Gasteiger partial charge in [0.25, 0.3) is 6.43 Å². The van der Waals surface area contributed by atoms with Crippen molar-refractivity contribution in [3.63, 3.8) is 0 Å². The first-order valence-electron chi connectivity index (χ1n) is 13.5. The molecule has 0 aliphatic rings. The van der Waals surface area contributed by atoms with E-state index in [0.29, 0.717) is 27.8 Å². The Kier molecular flexibility index (Phi) is 9.27. The number of halogens is 6. The second-order valence-corrected chi connectivity index (χ2v) is 11.2. The first kappa shape index (κ1) is 31.7. The molecule has 0 fully saturated rings. The molecule has 0 aliphatic heterocycles. The molecule has 5 rings (SSSR count). The van der Waals surface area contributed by atoms with Gasteiger partial charge >= 0.3 is 5.92 Å². The Bertz CT molecular complexity index is 1830. The molecule has 5 aromatic rings. The quantitative estimate of drug-likeness (QED) is 0.129. The normalized spacial score (nSPS) is 12.9. The minimum Gasteiger partial charge on any atom is -0.488 e. The molecule has 1 unspecified atom stereocenters. The fraction of sp³-hybridized carbons (Fsp3) is 0.219. The monoisotopic (exact) mass is 642 g/mol. The van der Waals surface area contributed by atoms with Gasteiger partial charge in [0.1, 0.15) is 30.3 Å². The lowest BCUT2D eigenvalue weighted by molar-refractivity contribution is -0.206. The summed E-state index contributed by atoms with van der Waals surface area (Å²) in [5.74, 6) is -0.0416. The number of alkyl halides is 4. The molecule has 2 aromatic heterocycles. The van der Waals surface area contributed by atoms with Gasteiger partial charge in [-0.05, 0) is 83.1 Å². The van der Waals surface area contributed by atoms with Crippen LogP contribution in [0.2, 0.25) is 0 Å². The summed E-state index contributed by atoms with van der Waals surface area (Å²) in [5.41, 5.74) is -3.42. The van der Waals surface area contributed by atoms with Gasteiger partial charge in [0, 0.05) is 33.2 Å². The highest BCUT2D eigenvalue weighted by Crippen LogP contribution is 2.48. The van der Waals surface area contributed by atoms with Gasteiger partial charge in [0.2, 0.25) is 0 Å². The van der Waals surface area contributed by atoms with Crippen LogP contribution in [0.25, 0.3) is 0 Å². The van der Waals surface area contributed by atoms with Crippen LogP contribution in [0, 0.1) is 23.5 Å². The van der Waals surface area contributed by atoms with Crippen LogP contribution in [0.15, 0.2) is 79.1 Å². The van der Waals surface area contributed by atoms with Crippen LogP contribution in [0.1, 0.15) is 50.9 Å². The lowest BCUT2D eigenvalue weighted by Gasteiger charge is -2.37. The van der Waals surface area contributed by atoms with E-state index in [1.165, 1.54) is 18.2 Å². The largest absolute Gasteiger partial charge is 0.488 e. The van der Waals surface area contributed by atoms with E-state index < -0.39 is 47.3 Å². The Labute approximate surface area is 257 Å². The van der Waals surface area contributed by atoms with E-state index >= 15 is 8.78 Å². The number of hydrogen-bond donors (Lipinski definition) is 1. The maximum absolute atomic E-state index is 16.4. The van der Waals surface area contributed by atoms with Crippen molar-refractivity contribution in [2.24, 2.45) is 0 Å². The molecule has 0 saturated carbocycles. The second-order valence-electron chi connectivity index (χ2n) is 9.96. The molecule has 45 heavy (non-hydrogen) atoms. The smallest absolute Gasteiger partial charge is 0.307 e. The Morgan fingerprint density at radius 2 is 1.64 bits per heavy atom. The zero-order valence-corrected chi connectivity index (χ0v) is 24.3. The number of ether oxygens (including phenoxy) is 1. The molecule has 0 aliphatic carbocycles. The number of nitrogens with zero attached hydrogens (tertiary/aromatic N) is 4. The van der Waals surface area contributed by atoms with Crippen molar-refractivity contribution >= 4 is 11.3 Å². The molecule has 0 radical (unpaired) electrons. The number of rotatable bonds is 10. The maximum Gasteiger partial charge on any atom is 0.307 e. The molecule has 232 valence electrons. The van der Waals surface area contributed by atoms with E-state index in [-0.39, 0.29) is 23.5 Å². The summed E-state index contributed by atoms with van der Waals surface area (Å²) in [4.78, 5) is 0.635. The molecule has 13 heteroatoms. The summed E-state index contributed by atoms with van der Waals surface area (Å²) < 4.78 is 93.3. The zero-order chi connectivity index (χ0) is 32.2. The highest BCUT2D eigenvalue weighted by atomic mass is 32.1. The Morgan fingerprint density at radius 3 is 2.29 bits per heavy atom. The first-order valence-corrected chi connectivity index (χ1v) is 14.3. The third kappa shape index (κ3) is 6.87. The molecule has 1 atom stereocenters. The summed E-state index contributed by atoms with van der Waals surface area (Å²) in [6, 6.07) is 15.6. The number of hydrogen-bond acceptors (Lipinski definition) is 6. The molecule has 6 nitrogen and oxygen atoms in total. The van der Waals surface area contributed by atoms with Crippen molar-refractivity contribution < 1.29 is 36.2 Å². The van der Waals surface area contributed by atoms with E-state index in [1.54, 1.807) is 37.3 Å². The van der Waals surface area contributed by atoms with Crippen molar-refractivity contribution in [2.45, 2.75) is 44.4 Å². The van der Waals surface area contributed by atoms with E-state index in [0.717, 1.165) is 40.5 Å². The van der Waals surface area contributed by atoms with E-state index in [9.17, 15) is 22.7 Å². The molecular formula is C32H24F6N4O2S. The first-order chi connectivity index (χ1) is 21.5. The zero-order valence-electron chi connectivity index (χ0n) is 23.5. The number of aromatic nitrogens is 4. The van der Waals surface area contributed by atoms with Gasteiger partial charge in [0.15, 0.2) is 5.60 Å². The summed E-state index contributed by atoms with van der Waals surface area (Å²) >= 11 is 0.979. The fourth-order valence-corrected chi connectivity index (χ4v) is 5.46. The van der Waals surface area contributed by atoms with Gasteiger partial charge in [-0.2, -0.15) is 8.78 Å². The number of aryl methyl sites for hydroxylation is 1. The van der Waals surface area contributed by atoms with Crippen LogP contribution in [0.5, 0.6) is 5.75 Å². The predicted octanol–water partition coefficient (Wildman–Crippen LogP) is 7.17. The highest BCUT2D eigenvalue weighted by molar-refractivity contribution is 7.12. The molecular weight excluding hydrogens is 618 g/mol. The van der Waals surface area contributed by atoms with Crippen molar-refractivity contribution in [3.8, 4) is 17.6 Å². The summed E-state index contributed by atoms with van der Waals surface area (Å²) in [5, 5.41) is 21.8. The Hall–Kier alpha value is -4.67. The van der Waals surface area contributed by atoms with Crippen LogP contribution in [0.3, 0.4) is 0 Å². The molecule has 2 heterocycles. The van der Waals surface area contributed by atoms with Crippen LogP contribution in [-0.2, 0) is 31.1 Å². The Balaban J connectivity index is 1.38. The van der Waals surface area contributed by atoms with Gasteiger partial charge < -0.3 is 9.84 Å². The highest BCUT2D eigenvalue weighted by Gasteiger charge is 2.57. The van der Waals surface area contributed by atoms with Gasteiger partial charge in [-0.1, -0.05) is 24.8 Å².